The van der Waals surface area contributed by atoms with Gasteiger partial charge in [0.1, 0.15) is 6.10 Å². The molecule has 4 nitrogen and oxygen atoms in total. The summed E-state index contributed by atoms with van der Waals surface area (Å²) in [5, 5.41) is 0. The van der Waals surface area contributed by atoms with Crippen LogP contribution < -0.4 is 0 Å². The van der Waals surface area contributed by atoms with Crippen LogP contribution in [0.4, 0.5) is 0 Å². The molecule has 0 spiro atoms. The lowest BCUT2D eigenvalue weighted by Gasteiger charge is -2.46. The van der Waals surface area contributed by atoms with Gasteiger partial charge in [-0.3, -0.25) is 4.79 Å². The zero-order valence-electron chi connectivity index (χ0n) is 16.4. The molecule has 25 heavy (non-hydrogen) atoms. The van der Waals surface area contributed by atoms with Gasteiger partial charge in [0.15, 0.2) is 0 Å². The Morgan fingerprint density at radius 2 is 2.00 bits per heavy atom. The molecule has 2 rings (SSSR count). The average molecular weight is 347 g/mol. The van der Waals surface area contributed by atoms with E-state index in [4.69, 9.17) is 9.47 Å². The number of hydrogen-bond donors (Lipinski definition) is 0. The lowest BCUT2D eigenvalue weighted by atomic mass is 9.66. The minimum atomic E-state index is -0.209. The second-order valence-corrected chi connectivity index (χ2v) is 7.96. The van der Waals surface area contributed by atoms with Gasteiger partial charge in [-0.15, -0.1) is 0 Å². The first-order valence-electron chi connectivity index (χ1n) is 9.32. The zero-order chi connectivity index (χ0) is 18.5. The second kappa shape index (κ2) is 8.33. The van der Waals surface area contributed by atoms with E-state index in [1.54, 1.807) is 0 Å². The van der Waals surface area contributed by atoms with Gasteiger partial charge < -0.3 is 14.4 Å². The van der Waals surface area contributed by atoms with E-state index in [2.05, 4.69) is 38.1 Å². The van der Waals surface area contributed by atoms with Gasteiger partial charge in [-0.25, -0.2) is 0 Å². The molecular weight excluding hydrogens is 314 g/mol. The van der Waals surface area contributed by atoms with E-state index in [9.17, 15) is 4.79 Å². The standard InChI is InChI=1S/C21H33NO3/c1-6-20(3)16-21(12-13-24-20,18-10-8-7-9-11-18)14-19(23)25-17(2)15-22(4)5/h7-11,17H,6,12-16H2,1-5H3/t17-,20-,21-/m1/s1. The van der Waals surface area contributed by atoms with Crippen molar-refractivity contribution in [3.8, 4) is 0 Å². The van der Waals surface area contributed by atoms with Crippen molar-refractivity contribution in [1.82, 2.24) is 4.90 Å². The molecule has 0 N–H and O–H groups in total. The Bertz CT molecular complexity index is 560. The first kappa shape index (κ1) is 19.9. The Morgan fingerprint density at radius 3 is 2.60 bits per heavy atom. The van der Waals surface area contributed by atoms with E-state index >= 15 is 0 Å². The maximum absolute atomic E-state index is 12.7. The van der Waals surface area contributed by atoms with Crippen molar-refractivity contribution in [1.29, 1.82) is 0 Å². The molecule has 4 heteroatoms. The van der Waals surface area contributed by atoms with Gasteiger partial charge >= 0.3 is 5.97 Å². The number of ether oxygens (including phenoxy) is 2. The molecule has 1 saturated heterocycles. The number of nitrogens with zero attached hydrogens (tertiary/aromatic N) is 1. The van der Waals surface area contributed by atoms with Crippen LogP contribution in [0.3, 0.4) is 0 Å². The van der Waals surface area contributed by atoms with Crippen molar-refractivity contribution in [3.63, 3.8) is 0 Å². The van der Waals surface area contributed by atoms with E-state index in [1.165, 1.54) is 5.56 Å². The third kappa shape index (κ3) is 5.29. The molecule has 1 fully saturated rings. The molecule has 1 aromatic rings. The van der Waals surface area contributed by atoms with Crippen molar-refractivity contribution >= 4 is 5.97 Å². The molecule has 140 valence electrons. The molecule has 0 aromatic heterocycles. The summed E-state index contributed by atoms with van der Waals surface area (Å²) in [5.41, 5.74) is 0.818. The van der Waals surface area contributed by atoms with E-state index < -0.39 is 0 Å². The minimum absolute atomic E-state index is 0.104. The van der Waals surface area contributed by atoms with Crippen LogP contribution in [0.25, 0.3) is 0 Å². The summed E-state index contributed by atoms with van der Waals surface area (Å²) in [7, 11) is 3.97. The summed E-state index contributed by atoms with van der Waals surface area (Å²) >= 11 is 0. The van der Waals surface area contributed by atoms with Crippen molar-refractivity contribution < 1.29 is 14.3 Å². The molecule has 1 aliphatic heterocycles. The Labute approximate surface area is 152 Å². The monoisotopic (exact) mass is 347 g/mol. The van der Waals surface area contributed by atoms with Crippen molar-refractivity contribution in [2.75, 3.05) is 27.2 Å². The van der Waals surface area contributed by atoms with Crippen LogP contribution in [-0.2, 0) is 19.7 Å². The van der Waals surface area contributed by atoms with Crippen LogP contribution >= 0.6 is 0 Å². The number of carbonyl (C=O) groups excluding carboxylic acids is 1. The largest absolute Gasteiger partial charge is 0.461 e. The minimum Gasteiger partial charge on any atom is -0.461 e. The van der Waals surface area contributed by atoms with Crippen molar-refractivity contribution in [2.24, 2.45) is 0 Å². The highest BCUT2D eigenvalue weighted by Crippen LogP contribution is 2.45. The number of benzene rings is 1. The van der Waals surface area contributed by atoms with Gasteiger partial charge in [-0.1, -0.05) is 37.3 Å². The van der Waals surface area contributed by atoms with Crippen molar-refractivity contribution in [3.05, 3.63) is 35.9 Å². The molecule has 1 aromatic carbocycles. The molecule has 3 atom stereocenters. The van der Waals surface area contributed by atoms with Crippen LogP contribution in [0.15, 0.2) is 30.3 Å². The first-order valence-corrected chi connectivity index (χ1v) is 9.32. The Hall–Kier alpha value is -1.39. The van der Waals surface area contributed by atoms with E-state index in [1.807, 2.05) is 32.0 Å². The molecule has 1 heterocycles. The molecule has 0 radical (unpaired) electrons. The third-order valence-electron chi connectivity index (χ3n) is 5.32. The predicted octanol–water partition coefficient (Wildman–Crippen LogP) is 3.79. The van der Waals surface area contributed by atoms with E-state index in [0.717, 1.165) is 25.8 Å². The number of rotatable bonds is 7. The fourth-order valence-corrected chi connectivity index (χ4v) is 3.96. The predicted molar refractivity (Wildman–Crippen MR) is 101 cm³/mol. The quantitative estimate of drug-likeness (QED) is 0.704. The second-order valence-electron chi connectivity index (χ2n) is 7.96. The molecule has 0 amide bonds. The number of likely N-dealkylation sites (N-methyl/N-ethyl adjacent to an activating group) is 1. The molecule has 1 aliphatic rings. The summed E-state index contributed by atoms with van der Waals surface area (Å²) in [6.07, 6.45) is 2.94. The van der Waals surface area contributed by atoms with Crippen LogP contribution in [0.1, 0.15) is 52.0 Å². The molecular formula is C21H33NO3. The Kier molecular flexibility index (Phi) is 6.64. The van der Waals surface area contributed by atoms with Gasteiger partial charge in [0, 0.05) is 18.6 Å². The van der Waals surface area contributed by atoms with Crippen molar-refractivity contribution in [2.45, 2.75) is 63.6 Å². The smallest absolute Gasteiger partial charge is 0.307 e. The highest BCUT2D eigenvalue weighted by Gasteiger charge is 2.45. The Morgan fingerprint density at radius 1 is 1.32 bits per heavy atom. The summed E-state index contributed by atoms with van der Waals surface area (Å²) < 4.78 is 11.7. The van der Waals surface area contributed by atoms with Gasteiger partial charge in [0.05, 0.1) is 12.0 Å². The SMILES string of the molecule is CC[C@]1(C)C[C@@](CC(=O)O[C@H](C)CN(C)C)(c2ccccc2)CCO1. The first-order chi connectivity index (χ1) is 11.8. The van der Waals surface area contributed by atoms with Gasteiger partial charge in [-0.2, -0.15) is 0 Å². The number of carbonyl (C=O) groups is 1. The average Bonchev–Trinajstić information content (AvgIpc) is 2.54. The molecule has 0 aliphatic carbocycles. The third-order valence-corrected chi connectivity index (χ3v) is 5.32. The van der Waals surface area contributed by atoms with Crippen LogP contribution in [0.2, 0.25) is 0 Å². The highest BCUT2D eigenvalue weighted by atomic mass is 16.5. The van der Waals surface area contributed by atoms with Gasteiger partial charge in [0.2, 0.25) is 0 Å². The van der Waals surface area contributed by atoms with Crippen LogP contribution in [-0.4, -0.2) is 49.8 Å². The maximum Gasteiger partial charge on any atom is 0.307 e. The lowest BCUT2D eigenvalue weighted by molar-refractivity contribution is -0.154. The maximum atomic E-state index is 12.7. The van der Waals surface area contributed by atoms with Gasteiger partial charge in [-0.05, 0) is 52.8 Å². The number of hydrogen-bond acceptors (Lipinski definition) is 4. The van der Waals surface area contributed by atoms with Crippen LogP contribution in [0.5, 0.6) is 0 Å². The van der Waals surface area contributed by atoms with E-state index in [-0.39, 0.29) is 23.1 Å². The van der Waals surface area contributed by atoms with E-state index in [0.29, 0.717) is 13.0 Å². The molecule has 0 saturated carbocycles. The summed E-state index contributed by atoms with van der Waals surface area (Å²) in [5.74, 6) is -0.112. The summed E-state index contributed by atoms with van der Waals surface area (Å²) in [4.78, 5) is 14.7. The molecule has 0 unspecified atom stereocenters. The Balaban J connectivity index is 2.20. The fraction of sp³-hybridized carbons (Fsp3) is 0.667. The highest BCUT2D eigenvalue weighted by molar-refractivity contribution is 5.72. The summed E-state index contributed by atoms with van der Waals surface area (Å²) in [6, 6.07) is 10.4. The number of esters is 1. The normalized spacial score (nSPS) is 27.9. The lowest BCUT2D eigenvalue weighted by Crippen LogP contribution is -2.47. The molecule has 0 bridgehead atoms. The zero-order valence-corrected chi connectivity index (χ0v) is 16.4. The fourth-order valence-electron chi connectivity index (χ4n) is 3.96. The van der Waals surface area contributed by atoms with Gasteiger partial charge in [0.25, 0.3) is 0 Å². The topological polar surface area (TPSA) is 38.8 Å². The van der Waals surface area contributed by atoms with Crippen LogP contribution in [0, 0.1) is 0 Å². The summed E-state index contributed by atoms with van der Waals surface area (Å²) in [6.45, 7) is 7.68.